The van der Waals surface area contributed by atoms with Crippen LogP contribution in [0.4, 0.5) is 9.18 Å². The van der Waals surface area contributed by atoms with Crippen molar-refractivity contribution in [2.45, 2.75) is 12.6 Å². The number of nitrogens with zero attached hydrogens (tertiary/aromatic N) is 1. The van der Waals surface area contributed by atoms with Crippen molar-refractivity contribution in [3.8, 4) is 0 Å². The molecule has 0 saturated carbocycles. The highest BCUT2D eigenvalue weighted by molar-refractivity contribution is 6.30. The molecule has 0 spiro atoms. The van der Waals surface area contributed by atoms with Gasteiger partial charge in [0, 0.05) is 11.6 Å². The van der Waals surface area contributed by atoms with E-state index in [4.69, 9.17) is 11.6 Å². The van der Waals surface area contributed by atoms with Gasteiger partial charge in [-0.15, -0.1) is 0 Å². The molecule has 0 fully saturated rings. The molecule has 26 heavy (non-hydrogen) atoms. The summed E-state index contributed by atoms with van der Waals surface area (Å²) < 4.78 is 13.1. The maximum Gasteiger partial charge on any atom is 0.319 e. The maximum atomic E-state index is 13.1. The minimum atomic E-state index is -0.526. The fourth-order valence-electron chi connectivity index (χ4n) is 3.27. The van der Waals surface area contributed by atoms with Crippen LogP contribution in [-0.4, -0.2) is 23.4 Å². The summed E-state index contributed by atoms with van der Waals surface area (Å²) in [5.41, 5.74) is 2.73. The van der Waals surface area contributed by atoms with E-state index in [0.29, 0.717) is 29.4 Å². The van der Waals surface area contributed by atoms with E-state index < -0.39 is 6.04 Å². The van der Waals surface area contributed by atoms with Crippen LogP contribution in [0.15, 0.2) is 59.8 Å². The van der Waals surface area contributed by atoms with Crippen LogP contribution in [0, 0.1) is 5.82 Å². The number of benzene rings is 2. The van der Waals surface area contributed by atoms with E-state index in [1.165, 1.54) is 12.1 Å². The van der Waals surface area contributed by atoms with Gasteiger partial charge in [0.1, 0.15) is 5.82 Å². The quantitative estimate of drug-likeness (QED) is 0.870. The lowest BCUT2D eigenvalue weighted by atomic mass is 9.96. The predicted molar refractivity (Wildman–Crippen MR) is 94.7 cm³/mol. The average Bonchev–Trinajstić information content (AvgIpc) is 2.92. The molecule has 2 aromatic rings. The van der Waals surface area contributed by atoms with Crippen LogP contribution in [0.25, 0.3) is 0 Å². The van der Waals surface area contributed by atoms with Gasteiger partial charge in [0.2, 0.25) is 0 Å². The molecule has 2 aliphatic heterocycles. The zero-order chi connectivity index (χ0) is 18.3. The third kappa shape index (κ3) is 3.04. The number of rotatable bonds is 3. The van der Waals surface area contributed by atoms with Crippen LogP contribution in [0.5, 0.6) is 0 Å². The zero-order valence-corrected chi connectivity index (χ0v) is 14.4. The second-order valence-electron chi connectivity index (χ2n) is 6.26. The summed E-state index contributed by atoms with van der Waals surface area (Å²) in [7, 11) is 0. The SMILES string of the molecule is O=C1NC2=C(C(=O)N(Cc3ccc(F)cc3)C2)C(c2ccc(Cl)cc2)N1. The Morgan fingerprint density at radius 3 is 2.46 bits per heavy atom. The van der Waals surface area contributed by atoms with Gasteiger partial charge in [-0.1, -0.05) is 35.9 Å². The lowest BCUT2D eigenvalue weighted by molar-refractivity contribution is -0.126. The highest BCUT2D eigenvalue weighted by atomic mass is 35.5. The summed E-state index contributed by atoms with van der Waals surface area (Å²) >= 11 is 5.93. The highest BCUT2D eigenvalue weighted by Gasteiger charge is 2.40. The Hall–Kier alpha value is -2.86. The van der Waals surface area contributed by atoms with Crippen molar-refractivity contribution in [1.82, 2.24) is 15.5 Å². The van der Waals surface area contributed by atoms with E-state index in [0.717, 1.165) is 11.1 Å². The maximum absolute atomic E-state index is 13.1. The number of carbonyl (C=O) groups excluding carboxylic acids is 2. The number of hydrogen-bond acceptors (Lipinski definition) is 2. The summed E-state index contributed by atoms with van der Waals surface area (Å²) in [4.78, 5) is 26.6. The third-order valence-electron chi connectivity index (χ3n) is 4.51. The molecule has 0 saturated heterocycles. The third-order valence-corrected chi connectivity index (χ3v) is 4.76. The lowest BCUT2D eigenvalue weighted by Gasteiger charge is -2.25. The first-order chi connectivity index (χ1) is 12.5. The summed E-state index contributed by atoms with van der Waals surface area (Å²) in [5.74, 6) is -0.477. The topological polar surface area (TPSA) is 61.4 Å². The molecule has 2 heterocycles. The largest absolute Gasteiger partial charge is 0.329 e. The van der Waals surface area contributed by atoms with E-state index >= 15 is 0 Å². The van der Waals surface area contributed by atoms with Gasteiger partial charge in [-0.2, -0.15) is 0 Å². The molecule has 132 valence electrons. The Kier molecular flexibility index (Phi) is 4.12. The molecule has 0 radical (unpaired) electrons. The van der Waals surface area contributed by atoms with Crippen LogP contribution in [-0.2, 0) is 11.3 Å². The van der Waals surface area contributed by atoms with Crippen LogP contribution in [0.1, 0.15) is 17.2 Å². The first-order valence-electron chi connectivity index (χ1n) is 8.11. The van der Waals surface area contributed by atoms with E-state index in [-0.39, 0.29) is 17.8 Å². The van der Waals surface area contributed by atoms with Gasteiger partial charge in [0.05, 0.1) is 23.9 Å². The van der Waals surface area contributed by atoms with Crippen LogP contribution in [0.3, 0.4) is 0 Å². The van der Waals surface area contributed by atoms with Gasteiger partial charge >= 0.3 is 6.03 Å². The minimum absolute atomic E-state index is 0.156. The van der Waals surface area contributed by atoms with Gasteiger partial charge in [0.25, 0.3) is 5.91 Å². The summed E-state index contributed by atoms with van der Waals surface area (Å²) in [6.07, 6.45) is 0. The number of nitrogens with one attached hydrogen (secondary N) is 2. The standard InChI is InChI=1S/C19H15ClFN3O2/c20-13-5-3-12(4-6-13)17-16-15(22-19(26)23-17)10-24(18(16)25)9-11-1-7-14(21)8-2-11/h1-8,17H,9-10H2,(H2,22,23,26). The molecule has 3 amide bonds. The molecule has 4 rings (SSSR count). The van der Waals surface area contributed by atoms with Crippen molar-refractivity contribution in [3.05, 3.63) is 81.8 Å². The van der Waals surface area contributed by atoms with Gasteiger partial charge in [0.15, 0.2) is 0 Å². The fourth-order valence-corrected chi connectivity index (χ4v) is 3.40. The number of amides is 3. The monoisotopic (exact) mass is 371 g/mol. The normalized spacial score (nSPS) is 19.3. The van der Waals surface area contributed by atoms with Crippen molar-refractivity contribution < 1.29 is 14.0 Å². The van der Waals surface area contributed by atoms with Crippen molar-refractivity contribution >= 4 is 23.5 Å². The second-order valence-corrected chi connectivity index (χ2v) is 6.70. The highest BCUT2D eigenvalue weighted by Crippen LogP contribution is 2.33. The molecule has 7 heteroatoms. The van der Waals surface area contributed by atoms with E-state index in [2.05, 4.69) is 10.6 Å². The molecule has 5 nitrogen and oxygen atoms in total. The number of carbonyl (C=O) groups is 2. The first kappa shape index (κ1) is 16.6. The van der Waals surface area contributed by atoms with E-state index in [9.17, 15) is 14.0 Å². The average molecular weight is 372 g/mol. The molecular formula is C19H15ClFN3O2. The summed E-state index contributed by atoms with van der Waals surface area (Å²) in [6.45, 7) is 0.651. The number of urea groups is 1. The van der Waals surface area contributed by atoms with E-state index in [1.807, 2.05) is 0 Å². The van der Waals surface area contributed by atoms with Gasteiger partial charge in [-0.05, 0) is 35.4 Å². The van der Waals surface area contributed by atoms with Gasteiger partial charge in [-0.3, -0.25) is 4.79 Å². The lowest BCUT2D eigenvalue weighted by Crippen LogP contribution is -2.44. The van der Waals surface area contributed by atoms with Crippen molar-refractivity contribution in [1.29, 1.82) is 0 Å². The molecule has 2 N–H and O–H groups in total. The molecule has 1 atom stereocenters. The fraction of sp³-hybridized carbons (Fsp3) is 0.158. The Morgan fingerprint density at radius 2 is 1.77 bits per heavy atom. The first-order valence-corrected chi connectivity index (χ1v) is 8.49. The second kappa shape index (κ2) is 6.46. The van der Waals surface area contributed by atoms with Crippen molar-refractivity contribution in [2.75, 3.05) is 6.54 Å². The van der Waals surface area contributed by atoms with Gasteiger partial charge < -0.3 is 15.5 Å². The molecule has 0 aromatic heterocycles. The zero-order valence-electron chi connectivity index (χ0n) is 13.6. The van der Waals surface area contributed by atoms with Crippen LogP contribution >= 0.6 is 11.6 Å². The molecule has 1 unspecified atom stereocenters. The van der Waals surface area contributed by atoms with Crippen LogP contribution < -0.4 is 10.6 Å². The van der Waals surface area contributed by atoms with Crippen molar-refractivity contribution in [3.63, 3.8) is 0 Å². The molecule has 0 aliphatic carbocycles. The Bertz CT molecular complexity index is 909. The number of halogens is 2. The number of hydrogen-bond donors (Lipinski definition) is 2. The Morgan fingerprint density at radius 1 is 1.08 bits per heavy atom. The molecule has 0 bridgehead atoms. The smallest absolute Gasteiger partial charge is 0.319 e. The molecule has 2 aromatic carbocycles. The minimum Gasteiger partial charge on any atom is -0.329 e. The summed E-state index contributed by atoms with van der Waals surface area (Å²) in [5, 5.41) is 6.11. The summed E-state index contributed by atoms with van der Waals surface area (Å²) in [6, 6.07) is 12.2. The van der Waals surface area contributed by atoms with Crippen molar-refractivity contribution in [2.24, 2.45) is 0 Å². The Labute approximate surface area is 154 Å². The molecular weight excluding hydrogens is 357 g/mol. The van der Waals surface area contributed by atoms with Gasteiger partial charge in [-0.25, -0.2) is 9.18 Å². The van der Waals surface area contributed by atoms with Crippen LogP contribution in [0.2, 0.25) is 5.02 Å². The molecule has 2 aliphatic rings. The van der Waals surface area contributed by atoms with E-state index in [1.54, 1.807) is 41.3 Å². The Balaban J connectivity index is 1.61. The predicted octanol–water partition coefficient (Wildman–Crippen LogP) is 3.13.